The van der Waals surface area contributed by atoms with Gasteiger partial charge in [-0.25, -0.2) is 4.79 Å². The van der Waals surface area contributed by atoms with E-state index in [1.807, 2.05) is 60.7 Å². The van der Waals surface area contributed by atoms with E-state index < -0.39 is 17.4 Å². The van der Waals surface area contributed by atoms with Crippen LogP contribution in [0.2, 0.25) is 0 Å². The maximum Gasteiger partial charge on any atom is 0.432 e. The first kappa shape index (κ1) is 15.4. The third-order valence-electron chi connectivity index (χ3n) is 4.33. The van der Waals surface area contributed by atoms with E-state index in [4.69, 9.17) is 4.74 Å². The average molecular weight is 312 g/mol. The molecule has 0 unspecified atom stereocenters. The molecule has 5 nitrogen and oxygen atoms in total. The van der Waals surface area contributed by atoms with Gasteiger partial charge in [0.1, 0.15) is 0 Å². The lowest BCUT2D eigenvalue weighted by Gasteiger charge is -2.37. The average Bonchev–Trinajstić information content (AvgIpc) is 2.69. The van der Waals surface area contributed by atoms with Gasteiger partial charge in [-0.15, -0.1) is 0 Å². The van der Waals surface area contributed by atoms with Crippen LogP contribution in [-0.4, -0.2) is 27.5 Å². The third kappa shape index (κ3) is 2.75. The van der Waals surface area contributed by atoms with Crippen molar-refractivity contribution in [2.75, 3.05) is 5.43 Å². The van der Waals surface area contributed by atoms with Gasteiger partial charge in [0.2, 0.25) is 0 Å². The fourth-order valence-electron chi connectivity index (χ4n) is 2.73. The molecule has 23 heavy (non-hydrogen) atoms. The van der Waals surface area contributed by atoms with Gasteiger partial charge in [-0.3, -0.25) is 5.43 Å². The number of carbonyl (C=O) groups is 1. The molecule has 3 rings (SSSR count). The maximum atomic E-state index is 12.3. The summed E-state index contributed by atoms with van der Waals surface area (Å²) in [6.45, 7) is 3.32. The molecule has 120 valence electrons. The number of hydrogen-bond acceptors (Lipinski definition) is 4. The molecule has 1 saturated heterocycles. The first-order chi connectivity index (χ1) is 10.9. The summed E-state index contributed by atoms with van der Waals surface area (Å²) in [5, 5.41) is 12.1. The molecule has 2 N–H and O–H groups in total. The lowest BCUT2D eigenvalue weighted by molar-refractivity contribution is -0.129. The number of hydrogen-bond donors (Lipinski definition) is 2. The fourth-order valence-corrected chi connectivity index (χ4v) is 2.73. The van der Waals surface area contributed by atoms with Gasteiger partial charge in [0.05, 0.1) is 5.69 Å². The van der Waals surface area contributed by atoms with Crippen molar-refractivity contribution in [3.8, 4) is 0 Å². The van der Waals surface area contributed by atoms with Gasteiger partial charge in [-0.2, -0.15) is 5.01 Å². The van der Waals surface area contributed by atoms with E-state index in [1.54, 1.807) is 13.8 Å². The molecule has 0 saturated carbocycles. The van der Waals surface area contributed by atoms with Crippen LogP contribution in [0.5, 0.6) is 0 Å². The van der Waals surface area contributed by atoms with E-state index in [2.05, 4.69) is 5.43 Å². The number of aliphatic hydroxyl groups is 1. The minimum atomic E-state index is -1.50. The van der Waals surface area contributed by atoms with Gasteiger partial charge in [0.15, 0.2) is 11.3 Å². The van der Waals surface area contributed by atoms with Crippen LogP contribution in [0.1, 0.15) is 19.4 Å². The Hall–Kier alpha value is -2.53. The van der Waals surface area contributed by atoms with Crippen LogP contribution in [0.15, 0.2) is 60.7 Å². The molecular formula is C18H20N2O3. The molecular weight excluding hydrogens is 292 g/mol. The Morgan fingerprint density at radius 3 is 2.22 bits per heavy atom. The smallest absolute Gasteiger partial charge is 0.432 e. The highest BCUT2D eigenvalue weighted by Crippen LogP contribution is 2.39. The highest BCUT2D eigenvalue weighted by atomic mass is 16.6. The molecule has 1 fully saturated rings. The largest absolute Gasteiger partial charge is 0.436 e. The Labute approximate surface area is 135 Å². The van der Waals surface area contributed by atoms with E-state index in [9.17, 15) is 9.90 Å². The molecule has 5 heteroatoms. The number of para-hydroxylation sites is 1. The summed E-state index contributed by atoms with van der Waals surface area (Å²) in [7, 11) is 0. The van der Waals surface area contributed by atoms with E-state index in [0.29, 0.717) is 12.1 Å². The SMILES string of the molecule is C[C@]1(Cc2ccccc2)OC(=O)N(Nc2ccccc2)[C@]1(C)O. The molecule has 2 aromatic rings. The van der Waals surface area contributed by atoms with Crippen molar-refractivity contribution >= 4 is 11.8 Å². The summed E-state index contributed by atoms with van der Waals surface area (Å²) in [5.41, 5.74) is 2.06. The second kappa shape index (κ2) is 5.59. The highest BCUT2D eigenvalue weighted by Gasteiger charge is 2.60. The molecule has 1 heterocycles. The van der Waals surface area contributed by atoms with E-state index >= 15 is 0 Å². The minimum Gasteiger partial charge on any atom is -0.436 e. The topological polar surface area (TPSA) is 61.8 Å². The molecule has 0 bridgehead atoms. The van der Waals surface area contributed by atoms with Crippen LogP contribution in [0.4, 0.5) is 10.5 Å². The Morgan fingerprint density at radius 2 is 1.61 bits per heavy atom. The molecule has 0 aliphatic carbocycles. The molecule has 2 atom stereocenters. The van der Waals surface area contributed by atoms with Crippen LogP contribution in [0.3, 0.4) is 0 Å². The van der Waals surface area contributed by atoms with Crippen LogP contribution < -0.4 is 5.43 Å². The van der Waals surface area contributed by atoms with Crippen molar-refractivity contribution in [2.45, 2.75) is 31.6 Å². The number of nitrogens with one attached hydrogen (secondary N) is 1. The predicted octanol–water partition coefficient (Wildman–Crippen LogP) is 3.18. The lowest BCUT2D eigenvalue weighted by Crippen LogP contribution is -2.57. The Bertz CT molecular complexity index is 688. The summed E-state index contributed by atoms with van der Waals surface area (Å²) in [6, 6.07) is 18.9. The summed E-state index contributed by atoms with van der Waals surface area (Å²) in [4.78, 5) is 12.3. The fraction of sp³-hybridized carbons (Fsp3) is 0.278. The molecule has 1 aliphatic rings. The number of rotatable bonds is 4. The van der Waals surface area contributed by atoms with Gasteiger partial charge in [0, 0.05) is 6.42 Å². The van der Waals surface area contributed by atoms with E-state index in [1.165, 1.54) is 0 Å². The summed E-state index contributed by atoms with van der Waals surface area (Å²) < 4.78 is 5.53. The van der Waals surface area contributed by atoms with Crippen LogP contribution in [-0.2, 0) is 11.2 Å². The number of anilines is 1. The normalized spacial score (nSPS) is 26.9. The van der Waals surface area contributed by atoms with Gasteiger partial charge >= 0.3 is 6.09 Å². The van der Waals surface area contributed by atoms with Gasteiger partial charge < -0.3 is 9.84 Å². The minimum absolute atomic E-state index is 0.416. The molecule has 1 aliphatic heterocycles. The molecule has 1 amide bonds. The number of carbonyl (C=O) groups excluding carboxylic acids is 1. The lowest BCUT2D eigenvalue weighted by atomic mass is 9.87. The van der Waals surface area contributed by atoms with Crippen molar-refractivity contribution in [3.05, 3.63) is 66.2 Å². The number of hydrazine groups is 1. The first-order valence-corrected chi connectivity index (χ1v) is 7.54. The van der Waals surface area contributed by atoms with Gasteiger partial charge in [-0.1, -0.05) is 48.5 Å². The standard InChI is InChI=1S/C18H20N2O3/c1-17(13-14-9-5-3-6-10-14)18(2,22)20(16(21)23-17)19-15-11-7-4-8-12-15/h3-12,19,22H,13H2,1-2H3/t17-,18-/m1/s1. The van der Waals surface area contributed by atoms with Gasteiger partial charge in [0.25, 0.3) is 0 Å². The van der Waals surface area contributed by atoms with Crippen molar-refractivity contribution in [1.82, 2.24) is 5.01 Å². The van der Waals surface area contributed by atoms with Crippen LogP contribution in [0.25, 0.3) is 0 Å². The summed E-state index contributed by atoms with van der Waals surface area (Å²) in [5.74, 6) is 0. The summed E-state index contributed by atoms with van der Waals surface area (Å²) in [6.07, 6.45) is -0.184. The second-order valence-electron chi connectivity index (χ2n) is 6.10. The van der Waals surface area contributed by atoms with Crippen LogP contribution in [0, 0.1) is 0 Å². The first-order valence-electron chi connectivity index (χ1n) is 7.54. The quantitative estimate of drug-likeness (QED) is 0.910. The number of amides is 1. The third-order valence-corrected chi connectivity index (χ3v) is 4.33. The molecule has 0 aromatic heterocycles. The molecule has 0 spiro atoms. The van der Waals surface area contributed by atoms with Crippen LogP contribution >= 0.6 is 0 Å². The Morgan fingerprint density at radius 1 is 1.04 bits per heavy atom. The monoisotopic (exact) mass is 312 g/mol. The van der Waals surface area contributed by atoms with E-state index in [-0.39, 0.29) is 0 Å². The molecule has 0 radical (unpaired) electrons. The number of nitrogens with zero attached hydrogens (tertiary/aromatic N) is 1. The Balaban J connectivity index is 1.85. The van der Waals surface area contributed by atoms with Crippen molar-refractivity contribution < 1.29 is 14.6 Å². The Kier molecular flexibility index (Phi) is 3.74. The second-order valence-corrected chi connectivity index (χ2v) is 6.10. The number of ether oxygens (including phenoxy) is 1. The zero-order valence-electron chi connectivity index (χ0n) is 13.2. The van der Waals surface area contributed by atoms with Gasteiger partial charge in [-0.05, 0) is 31.5 Å². The van der Waals surface area contributed by atoms with Crippen molar-refractivity contribution in [2.24, 2.45) is 0 Å². The predicted molar refractivity (Wildman–Crippen MR) is 87.6 cm³/mol. The number of benzene rings is 2. The summed E-state index contributed by atoms with van der Waals surface area (Å²) >= 11 is 0. The van der Waals surface area contributed by atoms with Crippen molar-refractivity contribution in [3.63, 3.8) is 0 Å². The molecule has 2 aromatic carbocycles. The number of cyclic esters (lactones) is 1. The zero-order valence-corrected chi connectivity index (χ0v) is 13.2. The zero-order chi connectivity index (χ0) is 16.5. The highest BCUT2D eigenvalue weighted by molar-refractivity contribution is 5.74. The maximum absolute atomic E-state index is 12.3. The van der Waals surface area contributed by atoms with Crippen molar-refractivity contribution in [1.29, 1.82) is 0 Å². The van der Waals surface area contributed by atoms with E-state index in [0.717, 1.165) is 10.6 Å².